The van der Waals surface area contributed by atoms with Crippen molar-refractivity contribution in [1.82, 2.24) is 14.8 Å². The molecule has 1 aromatic heterocycles. The van der Waals surface area contributed by atoms with Crippen molar-refractivity contribution in [2.24, 2.45) is 0 Å². The Balaban J connectivity index is 1.47. The summed E-state index contributed by atoms with van der Waals surface area (Å²) in [6.45, 7) is 0.373. The van der Waals surface area contributed by atoms with Crippen molar-refractivity contribution >= 4 is 16.6 Å². The number of anilines is 1. The summed E-state index contributed by atoms with van der Waals surface area (Å²) in [4.78, 5) is 6.32. The minimum absolute atomic E-state index is 0.0225. The molecule has 2 atom stereocenters. The zero-order valence-corrected chi connectivity index (χ0v) is 19.6. The van der Waals surface area contributed by atoms with Gasteiger partial charge in [-0.15, -0.1) is 0 Å². The maximum Gasteiger partial charge on any atom is 0.401 e. The van der Waals surface area contributed by atoms with Crippen LogP contribution in [0, 0.1) is 11.6 Å². The molecule has 2 aliphatic rings. The van der Waals surface area contributed by atoms with Gasteiger partial charge in [0.1, 0.15) is 11.6 Å². The highest BCUT2D eigenvalue weighted by Gasteiger charge is 2.41. The average molecular weight is 511 g/mol. The Morgan fingerprint density at radius 2 is 1.81 bits per heavy atom. The lowest BCUT2D eigenvalue weighted by atomic mass is 9.91. The smallest absolute Gasteiger partial charge is 0.381 e. The molecule has 10 heteroatoms. The number of likely N-dealkylation sites (tertiary alicyclic amines) is 1. The number of H-pyrrole nitrogens is 1. The van der Waals surface area contributed by atoms with Crippen LogP contribution in [0.2, 0.25) is 0 Å². The standard InChI is InChI=1S/C26H28F6N4/c27-8-3-9-35-10-6-16(14-35)33-17-12-20(28)23(21(29)13-17)25-24-19(7-11-36(25)15-26(30,31)32)18-4-1-2-5-22(18)34-24/h1-2,4-5,12-13,16,25,33-34H,3,6-11,14-15H2/t16-,25?/m0/s1. The molecule has 3 aromatic rings. The van der Waals surface area contributed by atoms with Crippen LogP contribution in [0.15, 0.2) is 36.4 Å². The number of hydrogen-bond donors (Lipinski definition) is 2. The van der Waals surface area contributed by atoms with Crippen LogP contribution in [-0.4, -0.2) is 66.4 Å². The molecule has 4 nitrogen and oxygen atoms in total. The first kappa shape index (κ1) is 25.0. The molecule has 0 radical (unpaired) electrons. The Labute approximate surface area is 205 Å². The number of benzene rings is 2. The molecule has 1 saturated heterocycles. The van der Waals surface area contributed by atoms with E-state index in [1.54, 1.807) is 12.1 Å². The van der Waals surface area contributed by atoms with E-state index in [-0.39, 0.29) is 18.3 Å². The van der Waals surface area contributed by atoms with Crippen LogP contribution in [0.3, 0.4) is 0 Å². The number of hydrogen-bond acceptors (Lipinski definition) is 3. The first-order chi connectivity index (χ1) is 17.2. The van der Waals surface area contributed by atoms with Crippen molar-refractivity contribution in [2.45, 2.75) is 37.5 Å². The SMILES string of the molecule is FCCCN1CC[C@H](Nc2cc(F)c(C3c4[nH]c5ccccc5c4CCN3CC(F)(F)F)c(F)c2)C1. The van der Waals surface area contributed by atoms with Crippen LogP contribution in [0.25, 0.3) is 10.9 Å². The Morgan fingerprint density at radius 3 is 2.53 bits per heavy atom. The first-order valence-corrected chi connectivity index (χ1v) is 12.2. The van der Waals surface area contributed by atoms with Crippen LogP contribution in [-0.2, 0) is 6.42 Å². The molecular weight excluding hydrogens is 482 g/mol. The maximum absolute atomic E-state index is 15.5. The van der Waals surface area contributed by atoms with Crippen LogP contribution in [0.5, 0.6) is 0 Å². The number of rotatable bonds is 7. The van der Waals surface area contributed by atoms with Crippen molar-refractivity contribution in [3.8, 4) is 0 Å². The molecular formula is C26H28F6N4. The fourth-order valence-corrected chi connectivity index (χ4v) is 5.62. The fraction of sp³-hybridized carbons (Fsp3) is 0.462. The molecule has 1 unspecified atom stereocenters. The number of fused-ring (bicyclic) bond motifs is 3. The summed E-state index contributed by atoms with van der Waals surface area (Å²) in [6, 6.07) is 8.32. The second kappa shape index (κ2) is 9.97. The van der Waals surface area contributed by atoms with Gasteiger partial charge in [-0.25, -0.2) is 8.78 Å². The van der Waals surface area contributed by atoms with Crippen molar-refractivity contribution in [2.75, 3.05) is 44.7 Å². The van der Waals surface area contributed by atoms with E-state index in [4.69, 9.17) is 0 Å². The number of para-hydroxylation sites is 1. The van der Waals surface area contributed by atoms with E-state index in [0.717, 1.165) is 46.5 Å². The highest BCUT2D eigenvalue weighted by atomic mass is 19.4. The number of nitrogens with one attached hydrogen (secondary N) is 2. The number of halogens is 6. The van der Waals surface area contributed by atoms with Gasteiger partial charge in [-0.2, -0.15) is 13.2 Å². The first-order valence-electron chi connectivity index (χ1n) is 12.2. The maximum atomic E-state index is 15.5. The van der Waals surface area contributed by atoms with Gasteiger partial charge in [-0.3, -0.25) is 9.29 Å². The quantitative estimate of drug-likeness (QED) is 0.394. The molecule has 0 aliphatic carbocycles. The summed E-state index contributed by atoms with van der Waals surface area (Å²) >= 11 is 0. The molecule has 0 saturated carbocycles. The highest BCUT2D eigenvalue weighted by molar-refractivity contribution is 5.85. The predicted molar refractivity (Wildman–Crippen MR) is 127 cm³/mol. The fourth-order valence-electron chi connectivity index (χ4n) is 5.62. The van der Waals surface area contributed by atoms with Crippen LogP contribution in [0.1, 0.15) is 35.7 Å². The molecule has 0 amide bonds. The summed E-state index contributed by atoms with van der Waals surface area (Å²) in [5, 5.41) is 3.98. The Kier molecular flexibility index (Phi) is 6.91. The summed E-state index contributed by atoms with van der Waals surface area (Å²) < 4.78 is 83.8. The van der Waals surface area contributed by atoms with Crippen LogP contribution < -0.4 is 5.32 Å². The average Bonchev–Trinajstić information content (AvgIpc) is 3.41. The molecule has 5 rings (SSSR count). The third kappa shape index (κ3) is 5.06. The van der Waals surface area contributed by atoms with Gasteiger partial charge in [-0.05, 0) is 43.0 Å². The minimum atomic E-state index is -4.52. The summed E-state index contributed by atoms with van der Waals surface area (Å²) in [6.07, 6.45) is -2.99. The summed E-state index contributed by atoms with van der Waals surface area (Å²) in [5.74, 6) is -1.79. The predicted octanol–water partition coefficient (Wildman–Crippen LogP) is 5.80. The third-order valence-electron chi connectivity index (χ3n) is 7.12. The van der Waals surface area contributed by atoms with E-state index in [1.807, 2.05) is 12.1 Å². The largest absolute Gasteiger partial charge is 0.401 e. The number of aromatic nitrogens is 1. The van der Waals surface area contributed by atoms with Gasteiger partial charge < -0.3 is 15.2 Å². The number of alkyl halides is 4. The molecule has 36 heavy (non-hydrogen) atoms. The highest BCUT2D eigenvalue weighted by Crippen LogP contribution is 2.42. The van der Waals surface area contributed by atoms with Crippen molar-refractivity contribution in [3.05, 3.63) is 64.9 Å². The zero-order valence-electron chi connectivity index (χ0n) is 19.6. The van der Waals surface area contributed by atoms with Gasteiger partial charge in [0, 0.05) is 60.1 Å². The van der Waals surface area contributed by atoms with E-state index in [9.17, 15) is 17.6 Å². The summed E-state index contributed by atoms with van der Waals surface area (Å²) in [5.41, 5.74) is 1.74. The van der Waals surface area contributed by atoms with Gasteiger partial charge >= 0.3 is 6.18 Å². The lowest BCUT2D eigenvalue weighted by Gasteiger charge is -2.36. The zero-order chi connectivity index (χ0) is 25.4. The van der Waals surface area contributed by atoms with E-state index < -0.39 is 42.6 Å². The number of aromatic amines is 1. The molecule has 2 N–H and O–H groups in total. The van der Waals surface area contributed by atoms with E-state index in [1.165, 1.54) is 0 Å². The van der Waals surface area contributed by atoms with Gasteiger partial charge in [0.05, 0.1) is 19.3 Å². The normalized spacial score (nSPS) is 21.3. The Morgan fingerprint density at radius 1 is 1.06 bits per heavy atom. The summed E-state index contributed by atoms with van der Waals surface area (Å²) in [7, 11) is 0. The molecule has 1 fully saturated rings. The van der Waals surface area contributed by atoms with Crippen molar-refractivity contribution in [1.29, 1.82) is 0 Å². The van der Waals surface area contributed by atoms with Gasteiger partial charge in [0.15, 0.2) is 0 Å². The van der Waals surface area contributed by atoms with Gasteiger partial charge in [0.25, 0.3) is 0 Å². The third-order valence-corrected chi connectivity index (χ3v) is 7.12. The molecule has 0 bridgehead atoms. The topological polar surface area (TPSA) is 34.3 Å². The van der Waals surface area contributed by atoms with Gasteiger partial charge in [0.2, 0.25) is 0 Å². The lowest BCUT2D eigenvalue weighted by Crippen LogP contribution is -2.42. The molecule has 2 aromatic carbocycles. The Hall–Kier alpha value is -2.72. The molecule has 2 aliphatic heterocycles. The molecule has 0 spiro atoms. The van der Waals surface area contributed by atoms with Crippen LogP contribution >= 0.6 is 0 Å². The van der Waals surface area contributed by atoms with Crippen molar-refractivity contribution < 1.29 is 26.3 Å². The van der Waals surface area contributed by atoms with E-state index >= 15 is 8.78 Å². The second-order valence-electron chi connectivity index (χ2n) is 9.63. The van der Waals surface area contributed by atoms with Gasteiger partial charge in [-0.1, -0.05) is 18.2 Å². The Bertz CT molecular complexity index is 1200. The van der Waals surface area contributed by atoms with E-state index in [0.29, 0.717) is 31.6 Å². The minimum Gasteiger partial charge on any atom is -0.381 e. The molecule has 194 valence electrons. The lowest BCUT2D eigenvalue weighted by molar-refractivity contribution is -0.150. The molecule has 3 heterocycles. The number of nitrogens with zero attached hydrogens (tertiary/aromatic N) is 2. The van der Waals surface area contributed by atoms with Crippen molar-refractivity contribution in [3.63, 3.8) is 0 Å². The van der Waals surface area contributed by atoms with Crippen LogP contribution in [0.4, 0.5) is 32.0 Å². The second-order valence-corrected chi connectivity index (χ2v) is 9.63. The van der Waals surface area contributed by atoms with E-state index in [2.05, 4.69) is 15.2 Å². The monoisotopic (exact) mass is 510 g/mol.